The van der Waals surface area contributed by atoms with Gasteiger partial charge >= 0.3 is 0 Å². The molecule has 2 rings (SSSR count). The first-order valence-corrected chi connectivity index (χ1v) is 9.86. The zero-order valence-electron chi connectivity index (χ0n) is 12.9. The van der Waals surface area contributed by atoms with Crippen LogP contribution in [0.5, 0.6) is 0 Å². The van der Waals surface area contributed by atoms with Crippen molar-refractivity contribution in [1.29, 1.82) is 0 Å². The fourth-order valence-corrected chi connectivity index (χ4v) is 5.63. The molecule has 2 fully saturated rings. The van der Waals surface area contributed by atoms with E-state index in [1.54, 1.807) is 0 Å². The van der Waals surface area contributed by atoms with E-state index in [1.165, 1.54) is 25.7 Å². The van der Waals surface area contributed by atoms with E-state index in [0.29, 0.717) is 12.3 Å². The summed E-state index contributed by atoms with van der Waals surface area (Å²) in [5.41, 5.74) is 0. The third kappa shape index (κ3) is 3.61. The number of nitrogens with one attached hydrogen (secondary N) is 1. The Kier molecular flexibility index (Phi) is 6.48. The third-order valence-electron chi connectivity index (χ3n) is 4.87. The number of thiol groups is 1. The molecule has 0 aromatic heterocycles. The molecule has 1 heterocycles. The SMILES string of the molecule is CCCCCCSC12C(=O)NC(=O)CC1CC2CCCS. The van der Waals surface area contributed by atoms with Gasteiger partial charge in [-0.15, -0.1) is 11.8 Å². The molecule has 1 saturated heterocycles. The summed E-state index contributed by atoms with van der Waals surface area (Å²) in [5.74, 6) is 2.51. The molecule has 3 nitrogen and oxygen atoms in total. The quantitative estimate of drug-likeness (QED) is 0.387. The summed E-state index contributed by atoms with van der Waals surface area (Å²) in [4.78, 5) is 24.1. The summed E-state index contributed by atoms with van der Waals surface area (Å²) in [6.07, 6.45) is 8.60. The van der Waals surface area contributed by atoms with Gasteiger partial charge in [0, 0.05) is 6.42 Å². The molecule has 3 unspecified atom stereocenters. The Bertz CT molecular complexity index is 388. The van der Waals surface area contributed by atoms with Crippen LogP contribution in [0.3, 0.4) is 0 Å². The second-order valence-corrected chi connectivity index (χ2v) is 8.10. The van der Waals surface area contributed by atoms with Crippen molar-refractivity contribution in [2.75, 3.05) is 11.5 Å². The summed E-state index contributed by atoms with van der Waals surface area (Å²) in [7, 11) is 0. The predicted molar refractivity (Wildman–Crippen MR) is 91.8 cm³/mol. The number of piperidine rings is 1. The Balaban J connectivity index is 1.96. The first kappa shape index (κ1) is 17.2. The van der Waals surface area contributed by atoms with Crippen LogP contribution < -0.4 is 5.32 Å². The molecular weight excluding hydrogens is 302 g/mol. The van der Waals surface area contributed by atoms with Crippen LogP contribution in [-0.2, 0) is 9.59 Å². The maximum absolute atomic E-state index is 12.5. The Morgan fingerprint density at radius 1 is 1.29 bits per heavy atom. The van der Waals surface area contributed by atoms with Crippen molar-refractivity contribution in [2.45, 2.75) is 63.0 Å². The van der Waals surface area contributed by atoms with Crippen molar-refractivity contribution in [1.82, 2.24) is 5.32 Å². The summed E-state index contributed by atoms with van der Waals surface area (Å²) in [6.45, 7) is 2.21. The lowest BCUT2D eigenvalue weighted by Crippen LogP contribution is -2.67. The number of hydrogen-bond acceptors (Lipinski definition) is 4. The van der Waals surface area contributed by atoms with Crippen LogP contribution in [0.2, 0.25) is 0 Å². The van der Waals surface area contributed by atoms with Crippen LogP contribution in [0.1, 0.15) is 58.3 Å². The average molecular weight is 330 g/mol. The number of hydrogen-bond donors (Lipinski definition) is 2. The number of fused-ring (bicyclic) bond motifs is 1. The fourth-order valence-electron chi connectivity index (χ4n) is 3.71. The van der Waals surface area contributed by atoms with Gasteiger partial charge in [-0.3, -0.25) is 14.9 Å². The molecule has 2 amide bonds. The van der Waals surface area contributed by atoms with Gasteiger partial charge in [0.05, 0.1) is 0 Å². The Morgan fingerprint density at radius 2 is 2.10 bits per heavy atom. The highest BCUT2D eigenvalue weighted by atomic mass is 32.2. The van der Waals surface area contributed by atoms with Gasteiger partial charge in [-0.25, -0.2) is 0 Å². The van der Waals surface area contributed by atoms with E-state index in [9.17, 15) is 9.59 Å². The number of thioether (sulfide) groups is 1. The smallest absolute Gasteiger partial charge is 0.243 e. The minimum atomic E-state index is -0.316. The largest absolute Gasteiger partial charge is 0.295 e. The first-order valence-electron chi connectivity index (χ1n) is 8.24. The maximum Gasteiger partial charge on any atom is 0.243 e. The average Bonchev–Trinajstić information content (AvgIpc) is 2.44. The molecule has 21 heavy (non-hydrogen) atoms. The number of carbonyl (C=O) groups is 2. The molecular formula is C16H27NO2S2. The molecule has 5 heteroatoms. The highest BCUT2D eigenvalue weighted by Gasteiger charge is 2.62. The zero-order valence-corrected chi connectivity index (χ0v) is 14.6. The van der Waals surface area contributed by atoms with Crippen LogP contribution in [0.15, 0.2) is 0 Å². The van der Waals surface area contributed by atoms with Crippen LogP contribution in [0, 0.1) is 11.8 Å². The third-order valence-corrected chi connectivity index (χ3v) is 7.01. The van der Waals surface area contributed by atoms with Gasteiger partial charge < -0.3 is 0 Å². The van der Waals surface area contributed by atoms with E-state index in [1.807, 2.05) is 11.8 Å². The van der Waals surface area contributed by atoms with Gasteiger partial charge in [0.25, 0.3) is 0 Å². The second-order valence-electron chi connectivity index (χ2n) is 6.28. The molecule has 0 aromatic carbocycles. The van der Waals surface area contributed by atoms with Crippen LogP contribution in [0.25, 0.3) is 0 Å². The fraction of sp³-hybridized carbons (Fsp3) is 0.875. The molecule has 1 aliphatic heterocycles. The van der Waals surface area contributed by atoms with Gasteiger partial charge in [-0.1, -0.05) is 26.2 Å². The maximum atomic E-state index is 12.5. The van der Waals surface area contributed by atoms with Crippen molar-refractivity contribution < 1.29 is 9.59 Å². The molecule has 0 radical (unpaired) electrons. The summed E-state index contributed by atoms with van der Waals surface area (Å²) >= 11 is 6.11. The number of amides is 2. The highest BCUT2D eigenvalue weighted by molar-refractivity contribution is 8.01. The highest BCUT2D eigenvalue weighted by Crippen LogP contribution is 2.58. The molecule has 3 atom stereocenters. The lowest BCUT2D eigenvalue weighted by atomic mass is 9.59. The van der Waals surface area contributed by atoms with Crippen molar-refractivity contribution in [2.24, 2.45) is 11.8 Å². The Hall–Kier alpha value is -0.160. The number of carbonyl (C=O) groups excluding carboxylic acids is 2. The Labute approximate surface area is 137 Å². The van der Waals surface area contributed by atoms with Gasteiger partial charge in [0.1, 0.15) is 4.75 Å². The molecule has 0 spiro atoms. The van der Waals surface area contributed by atoms with Gasteiger partial charge in [-0.05, 0) is 49.0 Å². The Morgan fingerprint density at radius 3 is 2.76 bits per heavy atom. The minimum absolute atomic E-state index is 0.0142. The standard InChI is InChI=1S/C16H27NO2S2/c1-2-3-4-5-9-21-16-12(7-6-8-20)10-13(16)11-14(18)17-15(16)19/h12-13,20H,2-11H2,1H3,(H,17,18,19). The van der Waals surface area contributed by atoms with Crippen LogP contribution in [-0.4, -0.2) is 28.1 Å². The lowest BCUT2D eigenvalue weighted by Gasteiger charge is -2.56. The topological polar surface area (TPSA) is 46.2 Å². The molecule has 0 bridgehead atoms. The monoisotopic (exact) mass is 329 g/mol. The van der Waals surface area contributed by atoms with E-state index >= 15 is 0 Å². The van der Waals surface area contributed by atoms with Gasteiger partial charge in [-0.2, -0.15) is 12.6 Å². The molecule has 0 aromatic rings. The second kappa shape index (κ2) is 7.91. The van der Waals surface area contributed by atoms with Crippen molar-refractivity contribution >= 4 is 36.2 Å². The molecule has 1 N–H and O–H groups in total. The van der Waals surface area contributed by atoms with Gasteiger partial charge in [0.2, 0.25) is 11.8 Å². The van der Waals surface area contributed by atoms with Crippen LogP contribution in [0.4, 0.5) is 0 Å². The molecule has 120 valence electrons. The van der Waals surface area contributed by atoms with E-state index in [0.717, 1.165) is 30.8 Å². The molecule has 1 saturated carbocycles. The summed E-state index contributed by atoms with van der Waals surface area (Å²) in [6, 6.07) is 0. The van der Waals surface area contributed by atoms with Crippen molar-refractivity contribution in [3.8, 4) is 0 Å². The number of rotatable bonds is 9. The van der Waals surface area contributed by atoms with E-state index in [2.05, 4.69) is 24.9 Å². The minimum Gasteiger partial charge on any atom is -0.295 e. The van der Waals surface area contributed by atoms with Crippen molar-refractivity contribution in [3.05, 3.63) is 0 Å². The van der Waals surface area contributed by atoms with Gasteiger partial charge in [0.15, 0.2) is 0 Å². The predicted octanol–water partition coefficient (Wildman–Crippen LogP) is 3.43. The van der Waals surface area contributed by atoms with E-state index in [-0.39, 0.29) is 22.5 Å². The first-order chi connectivity index (χ1) is 10.1. The lowest BCUT2D eigenvalue weighted by molar-refractivity contribution is -0.144. The van der Waals surface area contributed by atoms with Crippen LogP contribution >= 0.6 is 24.4 Å². The molecule has 1 aliphatic carbocycles. The summed E-state index contributed by atoms with van der Waals surface area (Å²) in [5, 5.41) is 2.59. The van der Waals surface area contributed by atoms with E-state index in [4.69, 9.17) is 0 Å². The van der Waals surface area contributed by atoms with Crippen molar-refractivity contribution in [3.63, 3.8) is 0 Å². The zero-order chi connectivity index (χ0) is 15.3. The summed E-state index contributed by atoms with van der Waals surface area (Å²) < 4.78 is -0.316. The normalized spacial score (nSPS) is 31.5. The molecule has 2 aliphatic rings. The number of unbranched alkanes of at least 4 members (excludes halogenated alkanes) is 3. The number of imide groups is 1. The van der Waals surface area contributed by atoms with E-state index < -0.39 is 0 Å².